The molecule has 6 aromatic carbocycles. The number of rotatable bonds is 4. The molecular formula is C45H30N4. The number of hydrogen-bond acceptors (Lipinski definition) is 2. The minimum Gasteiger partial charge on any atom is -0.309 e. The predicted molar refractivity (Wildman–Crippen MR) is 200 cm³/mol. The van der Waals surface area contributed by atoms with Crippen molar-refractivity contribution < 1.29 is 0 Å². The lowest BCUT2D eigenvalue weighted by Gasteiger charge is -2.20. The molecule has 1 aliphatic rings. The summed E-state index contributed by atoms with van der Waals surface area (Å²) in [4.78, 5) is 0. The summed E-state index contributed by atoms with van der Waals surface area (Å²) in [6, 6.07) is 50.8. The molecule has 230 valence electrons. The summed E-state index contributed by atoms with van der Waals surface area (Å²) in [6.45, 7) is 2.32. The van der Waals surface area contributed by atoms with E-state index < -0.39 is 0 Å². The van der Waals surface area contributed by atoms with Crippen LogP contribution in [0.2, 0.25) is 0 Å². The SMILES string of the molecule is CC1CC=Cc2c1c1ccccc1n2-c1ccccc1-c1ccc(-c2ccccc2C#N)c(-n2c3ccccc3c3cc(C#N)ccc32)c1. The largest absolute Gasteiger partial charge is 0.309 e. The first-order valence-electron chi connectivity index (χ1n) is 16.6. The first-order chi connectivity index (χ1) is 24.2. The molecule has 0 saturated heterocycles. The maximum absolute atomic E-state index is 10.2. The summed E-state index contributed by atoms with van der Waals surface area (Å²) in [5.74, 6) is 0.432. The number of nitrogens with zero attached hydrogens (tertiary/aromatic N) is 4. The Morgan fingerprint density at radius 2 is 1.27 bits per heavy atom. The molecule has 9 rings (SSSR count). The molecule has 0 fully saturated rings. The molecule has 4 nitrogen and oxygen atoms in total. The highest BCUT2D eigenvalue weighted by Gasteiger charge is 2.25. The van der Waals surface area contributed by atoms with Crippen LogP contribution >= 0.6 is 0 Å². The van der Waals surface area contributed by atoms with Gasteiger partial charge < -0.3 is 9.13 Å². The Hall–Kier alpha value is -6.62. The number of benzene rings is 6. The zero-order valence-electron chi connectivity index (χ0n) is 26.9. The van der Waals surface area contributed by atoms with Gasteiger partial charge in [0.1, 0.15) is 0 Å². The zero-order valence-corrected chi connectivity index (χ0v) is 26.9. The number of allylic oxidation sites excluding steroid dienone is 1. The third kappa shape index (κ3) is 4.36. The second kappa shape index (κ2) is 11.3. The molecule has 0 N–H and O–H groups in total. The van der Waals surface area contributed by atoms with E-state index in [1.165, 1.54) is 22.2 Å². The van der Waals surface area contributed by atoms with Gasteiger partial charge in [0.25, 0.3) is 0 Å². The first-order valence-corrected chi connectivity index (χ1v) is 16.6. The Kier molecular flexibility index (Phi) is 6.57. The molecule has 49 heavy (non-hydrogen) atoms. The van der Waals surface area contributed by atoms with E-state index in [9.17, 15) is 10.5 Å². The van der Waals surface area contributed by atoms with Gasteiger partial charge in [-0.05, 0) is 78.1 Å². The fraction of sp³-hybridized carbons (Fsp3) is 0.0667. The standard InChI is InChI=1S/C45H30N4/c1-29-11-10-20-43-45(29)37-16-6-9-19-41(37)48(43)39-17-7-4-14-34(39)31-22-23-36(33-13-3-2-12-32(33)28-47)44(26-31)49-40-18-8-5-15-35(40)38-25-30(27-46)21-24-42(38)49/h2-10,12-26,29H,11H2,1H3. The van der Waals surface area contributed by atoms with E-state index in [0.717, 1.165) is 61.9 Å². The van der Waals surface area contributed by atoms with Crippen LogP contribution in [0.4, 0.5) is 0 Å². The smallest absolute Gasteiger partial charge is 0.0998 e. The molecule has 2 aromatic heterocycles. The highest BCUT2D eigenvalue weighted by atomic mass is 15.0. The quantitative estimate of drug-likeness (QED) is 0.195. The topological polar surface area (TPSA) is 57.4 Å². The van der Waals surface area contributed by atoms with Crippen molar-refractivity contribution in [2.45, 2.75) is 19.3 Å². The van der Waals surface area contributed by atoms with Crippen LogP contribution in [0.15, 0.2) is 140 Å². The predicted octanol–water partition coefficient (Wildman–Crippen LogP) is 11.3. The fourth-order valence-corrected chi connectivity index (χ4v) is 7.87. The van der Waals surface area contributed by atoms with E-state index in [4.69, 9.17) is 0 Å². The van der Waals surface area contributed by atoms with Crippen LogP contribution in [0.3, 0.4) is 0 Å². The fourth-order valence-electron chi connectivity index (χ4n) is 7.87. The molecule has 0 spiro atoms. The molecule has 1 unspecified atom stereocenters. The van der Waals surface area contributed by atoms with Crippen LogP contribution in [0.1, 0.15) is 41.6 Å². The molecule has 0 amide bonds. The van der Waals surface area contributed by atoms with Crippen molar-refractivity contribution in [3.8, 4) is 45.8 Å². The van der Waals surface area contributed by atoms with Gasteiger partial charge in [-0.15, -0.1) is 0 Å². The number of para-hydroxylation sites is 3. The van der Waals surface area contributed by atoms with Gasteiger partial charge in [0.2, 0.25) is 0 Å². The van der Waals surface area contributed by atoms with Crippen LogP contribution in [-0.4, -0.2) is 9.13 Å². The van der Waals surface area contributed by atoms with Crippen LogP contribution < -0.4 is 0 Å². The number of fused-ring (bicyclic) bond motifs is 6. The Bertz CT molecular complexity index is 2740. The average Bonchev–Trinajstić information content (AvgIpc) is 3.68. The van der Waals surface area contributed by atoms with Gasteiger partial charge in [0.05, 0.1) is 56.9 Å². The monoisotopic (exact) mass is 626 g/mol. The summed E-state index contributed by atoms with van der Waals surface area (Å²) >= 11 is 0. The number of aromatic nitrogens is 2. The van der Waals surface area contributed by atoms with Gasteiger partial charge in [-0.25, -0.2) is 0 Å². The second-order valence-electron chi connectivity index (χ2n) is 12.8. The minimum absolute atomic E-state index is 0.432. The van der Waals surface area contributed by atoms with E-state index in [1.54, 1.807) is 0 Å². The van der Waals surface area contributed by atoms with Gasteiger partial charge in [0.15, 0.2) is 0 Å². The van der Waals surface area contributed by atoms with E-state index in [1.807, 2.05) is 48.5 Å². The Morgan fingerprint density at radius 1 is 0.571 bits per heavy atom. The van der Waals surface area contributed by atoms with Crippen molar-refractivity contribution >= 4 is 38.8 Å². The third-order valence-corrected chi connectivity index (χ3v) is 10.0. The lowest BCUT2D eigenvalue weighted by Crippen LogP contribution is -2.04. The molecular weight excluding hydrogens is 597 g/mol. The van der Waals surface area contributed by atoms with Crippen molar-refractivity contribution in [2.75, 3.05) is 0 Å². The van der Waals surface area contributed by atoms with Crippen molar-refractivity contribution in [3.63, 3.8) is 0 Å². The van der Waals surface area contributed by atoms with E-state index in [-0.39, 0.29) is 0 Å². The molecule has 8 aromatic rings. The average molecular weight is 627 g/mol. The van der Waals surface area contributed by atoms with Gasteiger partial charge in [-0.3, -0.25) is 0 Å². The van der Waals surface area contributed by atoms with Crippen LogP contribution in [0.5, 0.6) is 0 Å². The summed E-state index contributed by atoms with van der Waals surface area (Å²) in [7, 11) is 0. The first kappa shape index (κ1) is 28.6. The van der Waals surface area contributed by atoms with Crippen LogP contribution in [0.25, 0.3) is 72.4 Å². The maximum atomic E-state index is 10.2. The molecule has 2 heterocycles. The van der Waals surface area contributed by atoms with Gasteiger partial charge in [0, 0.05) is 32.8 Å². The minimum atomic E-state index is 0.432. The van der Waals surface area contributed by atoms with E-state index >= 15 is 0 Å². The molecule has 0 bridgehead atoms. The van der Waals surface area contributed by atoms with E-state index in [2.05, 4.69) is 125 Å². The van der Waals surface area contributed by atoms with Crippen LogP contribution in [0, 0.1) is 22.7 Å². The summed E-state index contributed by atoms with van der Waals surface area (Å²) in [6.07, 6.45) is 5.61. The lowest BCUT2D eigenvalue weighted by atomic mass is 9.90. The normalized spacial score (nSPS) is 13.8. The van der Waals surface area contributed by atoms with Gasteiger partial charge in [-0.1, -0.05) is 97.9 Å². The number of hydrogen-bond donors (Lipinski definition) is 0. The molecule has 1 aliphatic carbocycles. The summed E-state index contributed by atoms with van der Waals surface area (Å²) < 4.78 is 4.72. The van der Waals surface area contributed by atoms with Gasteiger partial charge in [-0.2, -0.15) is 10.5 Å². The zero-order chi connectivity index (χ0) is 33.1. The van der Waals surface area contributed by atoms with Crippen molar-refractivity contribution in [1.29, 1.82) is 10.5 Å². The lowest BCUT2D eigenvalue weighted by molar-refractivity contribution is 0.773. The highest BCUT2D eigenvalue weighted by molar-refractivity contribution is 6.10. The van der Waals surface area contributed by atoms with Gasteiger partial charge >= 0.3 is 0 Å². The molecule has 1 atom stereocenters. The second-order valence-corrected chi connectivity index (χ2v) is 12.8. The molecule has 0 radical (unpaired) electrons. The number of nitriles is 2. The third-order valence-electron chi connectivity index (χ3n) is 10.0. The molecule has 0 aliphatic heterocycles. The highest BCUT2D eigenvalue weighted by Crippen LogP contribution is 2.43. The summed E-state index contributed by atoms with van der Waals surface area (Å²) in [5, 5.41) is 23.4. The van der Waals surface area contributed by atoms with E-state index in [0.29, 0.717) is 17.0 Å². The molecule has 0 saturated carbocycles. The maximum Gasteiger partial charge on any atom is 0.0998 e. The van der Waals surface area contributed by atoms with Crippen molar-refractivity contribution in [3.05, 3.63) is 162 Å². The Balaban J connectivity index is 1.36. The summed E-state index contributed by atoms with van der Waals surface area (Å²) in [5.41, 5.74) is 13.3. The van der Waals surface area contributed by atoms with Crippen molar-refractivity contribution in [2.24, 2.45) is 0 Å². The van der Waals surface area contributed by atoms with Crippen LogP contribution in [-0.2, 0) is 0 Å². The molecule has 4 heteroatoms. The van der Waals surface area contributed by atoms with Crippen molar-refractivity contribution in [1.82, 2.24) is 9.13 Å². The Labute approximate surface area is 284 Å². The Morgan fingerprint density at radius 3 is 2.08 bits per heavy atom.